The SMILES string of the molecule is CCCCCN(C)c1nc2c(N)cccc2o1. The van der Waals surface area contributed by atoms with Crippen molar-refractivity contribution in [2.45, 2.75) is 26.2 Å². The summed E-state index contributed by atoms with van der Waals surface area (Å²) < 4.78 is 5.68. The summed E-state index contributed by atoms with van der Waals surface area (Å²) in [5.41, 5.74) is 8.02. The van der Waals surface area contributed by atoms with Crippen LogP contribution >= 0.6 is 0 Å². The number of anilines is 2. The largest absolute Gasteiger partial charge is 0.423 e. The first-order chi connectivity index (χ1) is 8.22. The van der Waals surface area contributed by atoms with Gasteiger partial charge in [0, 0.05) is 13.6 Å². The summed E-state index contributed by atoms with van der Waals surface area (Å²) in [6, 6.07) is 6.26. The zero-order valence-corrected chi connectivity index (χ0v) is 10.4. The van der Waals surface area contributed by atoms with Crippen molar-refractivity contribution in [3.63, 3.8) is 0 Å². The smallest absolute Gasteiger partial charge is 0.298 e. The van der Waals surface area contributed by atoms with Crippen LogP contribution in [-0.4, -0.2) is 18.6 Å². The van der Waals surface area contributed by atoms with E-state index in [1.165, 1.54) is 12.8 Å². The normalized spacial score (nSPS) is 10.9. The molecule has 2 aromatic rings. The molecule has 0 unspecified atom stereocenters. The summed E-state index contributed by atoms with van der Waals surface area (Å²) in [5.74, 6) is 0. The van der Waals surface area contributed by atoms with Crippen LogP contribution in [0.2, 0.25) is 0 Å². The van der Waals surface area contributed by atoms with Crippen molar-refractivity contribution < 1.29 is 4.42 Å². The second kappa shape index (κ2) is 5.08. The molecule has 0 atom stereocenters. The zero-order valence-electron chi connectivity index (χ0n) is 10.4. The van der Waals surface area contributed by atoms with Gasteiger partial charge in [-0.15, -0.1) is 0 Å². The first-order valence-corrected chi connectivity index (χ1v) is 6.08. The Morgan fingerprint density at radius 3 is 2.88 bits per heavy atom. The average molecular weight is 233 g/mol. The van der Waals surface area contributed by atoms with Crippen molar-refractivity contribution >= 4 is 22.8 Å². The summed E-state index contributed by atoms with van der Waals surface area (Å²) in [6.07, 6.45) is 3.60. The van der Waals surface area contributed by atoms with Crippen LogP contribution in [0, 0.1) is 0 Å². The summed E-state index contributed by atoms with van der Waals surface area (Å²) in [6.45, 7) is 3.15. The molecule has 0 fully saturated rings. The van der Waals surface area contributed by atoms with E-state index in [1.54, 1.807) is 0 Å². The number of unbranched alkanes of at least 4 members (excludes halogenated alkanes) is 2. The zero-order chi connectivity index (χ0) is 12.3. The van der Waals surface area contributed by atoms with E-state index >= 15 is 0 Å². The molecule has 1 heterocycles. The highest BCUT2D eigenvalue weighted by atomic mass is 16.4. The van der Waals surface area contributed by atoms with E-state index in [0.29, 0.717) is 11.7 Å². The number of nitrogen functional groups attached to an aromatic ring is 1. The van der Waals surface area contributed by atoms with E-state index < -0.39 is 0 Å². The molecule has 1 aromatic heterocycles. The second-order valence-electron chi connectivity index (χ2n) is 4.32. The molecule has 0 aliphatic rings. The van der Waals surface area contributed by atoms with E-state index in [9.17, 15) is 0 Å². The summed E-state index contributed by atoms with van der Waals surface area (Å²) in [7, 11) is 2.00. The molecule has 0 aliphatic heterocycles. The highest BCUT2D eigenvalue weighted by Crippen LogP contribution is 2.25. The molecule has 0 saturated heterocycles. The van der Waals surface area contributed by atoms with Gasteiger partial charge < -0.3 is 15.1 Å². The molecule has 0 saturated carbocycles. The number of oxazole rings is 1. The van der Waals surface area contributed by atoms with Crippen molar-refractivity contribution in [1.82, 2.24) is 4.98 Å². The number of para-hydroxylation sites is 1. The highest BCUT2D eigenvalue weighted by molar-refractivity contribution is 5.86. The minimum Gasteiger partial charge on any atom is -0.423 e. The molecular formula is C13H19N3O. The molecule has 2 N–H and O–H groups in total. The van der Waals surface area contributed by atoms with Gasteiger partial charge in [0.2, 0.25) is 0 Å². The van der Waals surface area contributed by atoms with Crippen LogP contribution in [0.15, 0.2) is 22.6 Å². The van der Waals surface area contributed by atoms with Crippen LogP contribution < -0.4 is 10.6 Å². The standard InChI is InChI=1S/C13H19N3O/c1-3-4-5-9-16(2)13-15-12-10(14)7-6-8-11(12)17-13/h6-8H,3-5,9,14H2,1-2H3. The summed E-state index contributed by atoms with van der Waals surface area (Å²) in [5, 5.41) is 0. The van der Waals surface area contributed by atoms with Gasteiger partial charge in [0.25, 0.3) is 6.01 Å². The first-order valence-electron chi connectivity index (χ1n) is 6.08. The summed E-state index contributed by atoms with van der Waals surface area (Å²) >= 11 is 0. The maximum atomic E-state index is 5.85. The fourth-order valence-electron chi connectivity index (χ4n) is 1.82. The highest BCUT2D eigenvalue weighted by Gasteiger charge is 2.11. The first kappa shape index (κ1) is 11.8. The Morgan fingerprint density at radius 2 is 2.18 bits per heavy atom. The molecule has 0 spiro atoms. The molecule has 17 heavy (non-hydrogen) atoms. The number of nitrogens with zero attached hydrogens (tertiary/aromatic N) is 2. The number of rotatable bonds is 5. The van der Waals surface area contributed by atoms with Gasteiger partial charge >= 0.3 is 0 Å². The van der Waals surface area contributed by atoms with Gasteiger partial charge in [-0.2, -0.15) is 4.98 Å². The Bertz CT molecular complexity index is 492. The van der Waals surface area contributed by atoms with E-state index in [-0.39, 0.29) is 0 Å². The van der Waals surface area contributed by atoms with Crippen LogP contribution in [-0.2, 0) is 0 Å². The fourth-order valence-corrected chi connectivity index (χ4v) is 1.82. The Morgan fingerprint density at radius 1 is 1.35 bits per heavy atom. The molecule has 0 radical (unpaired) electrons. The van der Waals surface area contributed by atoms with Crippen LogP contribution in [0.1, 0.15) is 26.2 Å². The van der Waals surface area contributed by atoms with Crippen molar-refractivity contribution in [3.8, 4) is 0 Å². The van der Waals surface area contributed by atoms with Crippen molar-refractivity contribution in [2.24, 2.45) is 0 Å². The van der Waals surface area contributed by atoms with Crippen LogP contribution in [0.25, 0.3) is 11.1 Å². The summed E-state index contributed by atoms with van der Waals surface area (Å²) in [4.78, 5) is 6.46. The molecule has 0 bridgehead atoms. The predicted octanol–water partition coefficient (Wildman–Crippen LogP) is 3.04. The van der Waals surface area contributed by atoms with E-state index in [0.717, 1.165) is 24.1 Å². The van der Waals surface area contributed by atoms with E-state index in [2.05, 4.69) is 11.9 Å². The molecule has 4 nitrogen and oxygen atoms in total. The number of fused-ring (bicyclic) bond motifs is 1. The van der Waals surface area contributed by atoms with Gasteiger partial charge in [-0.05, 0) is 18.6 Å². The Balaban J connectivity index is 2.16. The lowest BCUT2D eigenvalue weighted by Crippen LogP contribution is -2.18. The minimum atomic E-state index is 0.647. The van der Waals surface area contributed by atoms with Gasteiger partial charge in [0.05, 0.1) is 5.69 Å². The monoisotopic (exact) mass is 233 g/mol. The van der Waals surface area contributed by atoms with Crippen molar-refractivity contribution in [3.05, 3.63) is 18.2 Å². The number of hydrogen-bond acceptors (Lipinski definition) is 4. The van der Waals surface area contributed by atoms with E-state index in [4.69, 9.17) is 10.2 Å². The number of aromatic nitrogens is 1. The Hall–Kier alpha value is -1.71. The molecule has 0 amide bonds. The predicted molar refractivity (Wildman–Crippen MR) is 71.2 cm³/mol. The topological polar surface area (TPSA) is 55.3 Å². The van der Waals surface area contributed by atoms with Crippen molar-refractivity contribution in [1.29, 1.82) is 0 Å². The third kappa shape index (κ3) is 2.52. The third-order valence-corrected chi connectivity index (χ3v) is 2.86. The van der Waals surface area contributed by atoms with Crippen LogP contribution in [0.5, 0.6) is 0 Å². The number of benzene rings is 1. The average Bonchev–Trinajstić information content (AvgIpc) is 2.75. The van der Waals surface area contributed by atoms with Crippen LogP contribution in [0.4, 0.5) is 11.7 Å². The Labute approximate surface area is 101 Å². The second-order valence-corrected chi connectivity index (χ2v) is 4.32. The third-order valence-electron chi connectivity index (χ3n) is 2.86. The van der Waals surface area contributed by atoms with Gasteiger partial charge in [-0.1, -0.05) is 25.8 Å². The van der Waals surface area contributed by atoms with E-state index in [1.807, 2.05) is 30.1 Å². The lowest BCUT2D eigenvalue weighted by Gasteiger charge is -2.13. The fraction of sp³-hybridized carbons (Fsp3) is 0.462. The number of hydrogen-bond donors (Lipinski definition) is 1. The van der Waals surface area contributed by atoms with Crippen molar-refractivity contribution in [2.75, 3.05) is 24.2 Å². The maximum Gasteiger partial charge on any atom is 0.298 e. The van der Waals surface area contributed by atoms with Crippen LogP contribution in [0.3, 0.4) is 0 Å². The molecular weight excluding hydrogens is 214 g/mol. The lowest BCUT2D eigenvalue weighted by atomic mass is 10.2. The Kier molecular flexibility index (Phi) is 3.52. The molecule has 1 aromatic carbocycles. The minimum absolute atomic E-state index is 0.647. The van der Waals surface area contributed by atoms with Gasteiger partial charge in [0.1, 0.15) is 5.52 Å². The molecule has 4 heteroatoms. The molecule has 2 rings (SSSR count). The lowest BCUT2D eigenvalue weighted by molar-refractivity contribution is 0.572. The van der Waals surface area contributed by atoms with Gasteiger partial charge in [0.15, 0.2) is 5.58 Å². The van der Waals surface area contributed by atoms with Gasteiger partial charge in [-0.25, -0.2) is 0 Å². The molecule has 0 aliphatic carbocycles. The number of nitrogens with two attached hydrogens (primary N) is 1. The van der Waals surface area contributed by atoms with Gasteiger partial charge in [-0.3, -0.25) is 0 Å². The quantitative estimate of drug-likeness (QED) is 0.637. The molecule has 92 valence electrons. The maximum absolute atomic E-state index is 5.85.